The maximum atomic E-state index is 13.2. The molecule has 112 valence electrons. The van der Waals surface area contributed by atoms with Crippen LogP contribution in [0.5, 0.6) is 0 Å². The van der Waals surface area contributed by atoms with E-state index in [0.717, 1.165) is 38.1 Å². The third-order valence-corrected chi connectivity index (χ3v) is 5.50. The smallest absolute Gasteiger partial charge is 0.242 e. The van der Waals surface area contributed by atoms with Gasteiger partial charge in [-0.25, -0.2) is 17.5 Å². The van der Waals surface area contributed by atoms with E-state index in [1.807, 2.05) is 0 Å². The standard InChI is InChI=1S/C13H18ClFN2O2S/c1-2-17-7-3-4-11(17)9-16-20(18,19)13-8-10(15)5-6-12(13)14/h5-6,8,11,16H,2-4,7,9H2,1H3. The van der Waals surface area contributed by atoms with Crippen LogP contribution in [0.15, 0.2) is 23.1 Å². The fraction of sp³-hybridized carbons (Fsp3) is 0.538. The van der Waals surface area contributed by atoms with Gasteiger partial charge in [0.15, 0.2) is 0 Å². The highest BCUT2D eigenvalue weighted by Gasteiger charge is 2.26. The highest BCUT2D eigenvalue weighted by atomic mass is 35.5. The summed E-state index contributed by atoms with van der Waals surface area (Å²) in [5, 5.41) is 0.0256. The lowest BCUT2D eigenvalue weighted by Gasteiger charge is -2.22. The first-order chi connectivity index (χ1) is 9.44. The average molecular weight is 321 g/mol. The normalized spacial score (nSPS) is 20.4. The number of likely N-dealkylation sites (N-methyl/N-ethyl adjacent to an activating group) is 1. The molecule has 1 fully saturated rings. The lowest BCUT2D eigenvalue weighted by atomic mass is 10.2. The molecule has 1 aliphatic rings. The fourth-order valence-electron chi connectivity index (χ4n) is 2.51. The number of nitrogens with zero attached hydrogens (tertiary/aromatic N) is 1. The number of rotatable bonds is 5. The van der Waals surface area contributed by atoms with E-state index in [2.05, 4.69) is 16.5 Å². The van der Waals surface area contributed by atoms with Crippen LogP contribution < -0.4 is 4.72 Å². The number of likely N-dealkylation sites (tertiary alicyclic amines) is 1. The second-order valence-electron chi connectivity index (χ2n) is 4.85. The van der Waals surface area contributed by atoms with Crippen LogP contribution in [0.2, 0.25) is 5.02 Å². The number of hydrogen-bond donors (Lipinski definition) is 1. The second-order valence-corrected chi connectivity index (χ2v) is 6.99. The number of sulfonamides is 1. The molecule has 0 amide bonds. The van der Waals surface area contributed by atoms with Gasteiger partial charge in [0.1, 0.15) is 10.7 Å². The van der Waals surface area contributed by atoms with Gasteiger partial charge in [0, 0.05) is 12.6 Å². The Bertz CT molecular complexity index is 580. The summed E-state index contributed by atoms with van der Waals surface area (Å²) < 4.78 is 40.1. The Balaban J connectivity index is 2.09. The summed E-state index contributed by atoms with van der Waals surface area (Å²) in [4.78, 5) is 2.02. The van der Waals surface area contributed by atoms with Crippen molar-refractivity contribution < 1.29 is 12.8 Å². The third-order valence-electron chi connectivity index (χ3n) is 3.60. The van der Waals surface area contributed by atoms with Gasteiger partial charge < -0.3 is 0 Å². The van der Waals surface area contributed by atoms with Crippen molar-refractivity contribution >= 4 is 21.6 Å². The van der Waals surface area contributed by atoms with Crippen molar-refractivity contribution in [3.63, 3.8) is 0 Å². The van der Waals surface area contributed by atoms with E-state index in [1.165, 1.54) is 6.07 Å². The Morgan fingerprint density at radius 2 is 2.25 bits per heavy atom. The molecule has 1 heterocycles. The first-order valence-corrected chi connectivity index (χ1v) is 8.49. The van der Waals surface area contributed by atoms with E-state index in [9.17, 15) is 12.8 Å². The van der Waals surface area contributed by atoms with Crippen LogP contribution in [0.25, 0.3) is 0 Å². The Morgan fingerprint density at radius 1 is 1.50 bits per heavy atom. The molecule has 4 nitrogen and oxygen atoms in total. The van der Waals surface area contributed by atoms with Crippen molar-refractivity contribution in [1.29, 1.82) is 0 Å². The van der Waals surface area contributed by atoms with Crippen molar-refractivity contribution in [2.24, 2.45) is 0 Å². The Labute approximate surface area is 124 Å². The number of hydrogen-bond acceptors (Lipinski definition) is 3. The molecule has 1 saturated heterocycles. The zero-order valence-corrected chi connectivity index (χ0v) is 12.8. The molecule has 1 unspecified atom stereocenters. The molecule has 20 heavy (non-hydrogen) atoms. The molecule has 1 aromatic carbocycles. The maximum absolute atomic E-state index is 13.2. The zero-order valence-electron chi connectivity index (χ0n) is 11.3. The summed E-state index contributed by atoms with van der Waals surface area (Å²) in [6.07, 6.45) is 2.04. The van der Waals surface area contributed by atoms with Gasteiger partial charge in [-0.2, -0.15) is 0 Å². The maximum Gasteiger partial charge on any atom is 0.242 e. The first-order valence-electron chi connectivity index (χ1n) is 6.63. The minimum Gasteiger partial charge on any atom is -0.299 e. The molecule has 0 radical (unpaired) electrons. The molecule has 1 aliphatic heterocycles. The van der Waals surface area contributed by atoms with Crippen LogP contribution in [-0.2, 0) is 10.0 Å². The van der Waals surface area contributed by atoms with E-state index in [0.29, 0.717) is 6.54 Å². The van der Waals surface area contributed by atoms with Gasteiger partial charge >= 0.3 is 0 Å². The van der Waals surface area contributed by atoms with Crippen LogP contribution in [0.4, 0.5) is 4.39 Å². The molecule has 1 atom stereocenters. The predicted octanol–water partition coefficient (Wildman–Crippen LogP) is 2.24. The van der Waals surface area contributed by atoms with E-state index in [-0.39, 0.29) is 16.0 Å². The Kier molecular flexibility index (Phi) is 5.01. The molecule has 7 heteroatoms. The Morgan fingerprint density at radius 3 is 2.95 bits per heavy atom. The molecular weight excluding hydrogens is 303 g/mol. The first kappa shape index (κ1) is 15.7. The summed E-state index contributed by atoms with van der Waals surface area (Å²) >= 11 is 5.84. The molecule has 0 bridgehead atoms. The van der Waals surface area contributed by atoms with Gasteiger partial charge in [0.2, 0.25) is 10.0 Å². The quantitative estimate of drug-likeness (QED) is 0.905. The molecule has 0 aromatic heterocycles. The van der Waals surface area contributed by atoms with Crippen LogP contribution in [0, 0.1) is 5.82 Å². The molecule has 0 saturated carbocycles. The molecular formula is C13H18ClFN2O2S. The molecule has 0 spiro atoms. The molecule has 0 aliphatic carbocycles. The van der Waals surface area contributed by atoms with Crippen LogP contribution in [0.3, 0.4) is 0 Å². The van der Waals surface area contributed by atoms with Crippen molar-refractivity contribution in [1.82, 2.24) is 9.62 Å². The topological polar surface area (TPSA) is 49.4 Å². The van der Waals surface area contributed by atoms with E-state index >= 15 is 0 Å². The van der Waals surface area contributed by atoms with Crippen molar-refractivity contribution in [3.8, 4) is 0 Å². The number of nitrogens with one attached hydrogen (secondary N) is 1. The summed E-state index contributed by atoms with van der Waals surface area (Å²) in [5.74, 6) is -0.620. The average Bonchev–Trinajstić information content (AvgIpc) is 2.86. The van der Waals surface area contributed by atoms with Gasteiger partial charge in [-0.05, 0) is 44.1 Å². The van der Waals surface area contributed by atoms with Gasteiger partial charge in [0.05, 0.1) is 5.02 Å². The summed E-state index contributed by atoms with van der Waals surface area (Å²) in [5.41, 5.74) is 0. The minimum atomic E-state index is -3.78. The monoisotopic (exact) mass is 320 g/mol. The highest BCUT2D eigenvalue weighted by molar-refractivity contribution is 7.89. The van der Waals surface area contributed by atoms with Gasteiger partial charge in [0.25, 0.3) is 0 Å². The number of benzene rings is 1. The van der Waals surface area contributed by atoms with Crippen LogP contribution in [0.1, 0.15) is 19.8 Å². The van der Waals surface area contributed by atoms with Crippen LogP contribution in [-0.4, -0.2) is 39.0 Å². The number of halogens is 2. The van der Waals surface area contributed by atoms with Gasteiger partial charge in [-0.3, -0.25) is 4.90 Å². The molecule has 2 rings (SSSR count). The third kappa shape index (κ3) is 3.49. The minimum absolute atomic E-state index is 0.0256. The SMILES string of the molecule is CCN1CCCC1CNS(=O)(=O)c1cc(F)ccc1Cl. The predicted molar refractivity (Wildman–Crippen MR) is 76.9 cm³/mol. The zero-order chi connectivity index (χ0) is 14.8. The van der Waals surface area contributed by atoms with E-state index in [1.54, 1.807) is 0 Å². The summed E-state index contributed by atoms with van der Waals surface area (Å²) in [7, 11) is -3.78. The summed E-state index contributed by atoms with van der Waals surface area (Å²) in [6.45, 7) is 4.26. The van der Waals surface area contributed by atoms with E-state index in [4.69, 9.17) is 11.6 Å². The van der Waals surface area contributed by atoms with Gasteiger partial charge in [-0.15, -0.1) is 0 Å². The fourth-order valence-corrected chi connectivity index (χ4v) is 4.09. The van der Waals surface area contributed by atoms with Crippen molar-refractivity contribution in [2.45, 2.75) is 30.7 Å². The van der Waals surface area contributed by atoms with Gasteiger partial charge in [-0.1, -0.05) is 18.5 Å². The lowest BCUT2D eigenvalue weighted by Crippen LogP contribution is -2.40. The van der Waals surface area contributed by atoms with Crippen LogP contribution >= 0.6 is 11.6 Å². The van der Waals surface area contributed by atoms with Crippen molar-refractivity contribution in [2.75, 3.05) is 19.6 Å². The lowest BCUT2D eigenvalue weighted by molar-refractivity contribution is 0.268. The highest BCUT2D eigenvalue weighted by Crippen LogP contribution is 2.22. The van der Waals surface area contributed by atoms with Crippen molar-refractivity contribution in [3.05, 3.63) is 29.0 Å². The Hall–Kier alpha value is -0.690. The van der Waals surface area contributed by atoms with E-state index < -0.39 is 15.8 Å². The molecule has 1 N–H and O–H groups in total. The largest absolute Gasteiger partial charge is 0.299 e. The second kappa shape index (κ2) is 6.39. The molecule has 1 aromatic rings. The summed E-state index contributed by atoms with van der Waals surface area (Å²) in [6, 6.07) is 3.52.